The Labute approximate surface area is 146 Å². The fraction of sp³-hybridized carbons (Fsp3) is 0.250. The lowest BCUT2D eigenvalue weighted by atomic mass is 10.00. The van der Waals surface area contributed by atoms with Gasteiger partial charge in [-0.05, 0) is 37.6 Å². The van der Waals surface area contributed by atoms with Gasteiger partial charge in [0.1, 0.15) is 11.4 Å². The Bertz CT molecular complexity index is 925. The van der Waals surface area contributed by atoms with E-state index in [4.69, 9.17) is 19.4 Å². The first-order chi connectivity index (χ1) is 12.2. The third kappa shape index (κ3) is 3.10. The molecule has 3 heterocycles. The molecule has 0 radical (unpaired) electrons. The zero-order valence-corrected chi connectivity index (χ0v) is 14.3. The minimum Gasteiger partial charge on any atom is -0.497 e. The maximum atomic E-state index is 5.61. The van der Waals surface area contributed by atoms with E-state index >= 15 is 0 Å². The van der Waals surface area contributed by atoms with Crippen molar-refractivity contribution >= 4 is 0 Å². The molecule has 126 valence electrons. The minimum absolute atomic E-state index is 0.508. The standard InChI is InChI=1S/C20H19N3O2/c1-13-5-3-8-17(21-13)20-22-18-12-25-10-9-16(18)19(23-20)14-6-4-7-15(11-14)24-2/h3-8,11H,9-10,12H2,1-2H3. The van der Waals surface area contributed by atoms with Crippen molar-refractivity contribution in [2.45, 2.75) is 20.0 Å². The molecule has 0 fully saturated rings. The number of rotatable bonds is 3. The van der Waals surface area contributed by atoms with Gasteiger partial charge in [0, 0.05) is 16.8 Å². The van der Waals surface area contributed by atoms with Crippen LogP contribution in [-0.2, 0) is 17.8 Å². The Morgan fingerprint density at radius 2 is 1.92 bits per heavy atom. The summed E-state index contributed by atoms with van der Waals surface area (Å²) < 4.78 is 11.0. The summed E-state index contributed by atoms with van der Waals surface area (Å²) >= 11 is 0. The van der Waals surface area contributed by atoms with Gasteiger partial charge in [-0.1, -0.05) is 18.2 Å². The van der Waals surface area contributed by atoms with Gasteiger partial charge in [-0.15, -0.1) is 0 Å². The monoisotopic (exact) mass is 333 g/mol. The molecule has 3 aromatic rings. The van der Waals surface area contributed by atoms with Crippen LogP contribution in [0.15, 0.2) is 42.5 Å². The largest absolute Gasteiger partial charge is 0.497 e. The van der Waals surface area contributed by atoms with E-state index in [1.165, 1.54) is 0 Å². The molecule has 4 rings (SSSR count). The third-order valence-corrected chi connectivity index (χ3v) is 4.29. The summed E-state index contributed by atoms with van der Waals surface area (Å²) in [5, 5.41) is 0. The van der Waals surface area contributed by atoms with Gasteiger partial charge in [0.15, 0.2) is 5.82 Å². The highest BCUT2D eigenvalue weighted by Crippen LogP contribution is 2.31. The minimum atomic E-state index is 0.508. The van der Waals surface area contributed by atoms with Crippen LogP contribution < -0.4 is 4.74 Å². The molecule has 5 heteroatoms. The Morgan fingerprint density at radius 1 is 1.04 bits per heavy atom. The Morgan fingerprint density at radius 3 is 2.76 bits per heavy atom. The smallest absolute Gasteiger partial charge is 0.179 e. The Balaban J connectivity index is 1.91. The van der Waals surface area contributed by atoms with Crippen LogP contribution in [0, 0.1) is 6.92 Å². The van der Waals surface area contributed by atoms with Crippen molar-refractivity contribution in [1.29, 1.82) is 0 Å². The van der Waals surface area contributed by atoms with E-state index in [9.17, 15) is 0 Å². The predicted molar refractivity (Wildman–Crippen MR) is 95.3 cm³/mol. The van der Waals surface area contributed by atoms with Crippen molar-refractivity contribution in [1.82, 2.24) is 15.0 Å². The molecule has 0 bridgehead atoms. The first-order valence-electron chi connectivity index (χ1n) is 8.30. The second-order valence-electron chi connectivity index (χ2n) is 6.02. The highest BCUT2D eigenvalue weighted by atomic mass is 16.5. The maximum absolute atomic E-state index is 5.61. The second kappa shape index (κ2) is 6.61. The number of methoxy groups -OCH3 is 1. The van der Waals surface area contributed by atoms with Crippen LogP contribution in [0.25, 0.3) is 22.8 Å². The number of hydrogen-bond acceptors (Lipinski definition) is 5. The van der Waals surface area contributed by atoms with Crippen LogP contribution in [0.3, 0.4) is 0 Å². The molecule has 0 unspecified atom stereocenters. The van der Waals surface area contributed by atoms with Crippen LogP contribution in [-0.4, -0.2) is 28.7 Å². The number of nitrogens with zero attached hydrogens (tertiary/aromatic N) is 3. The number of aryl methyl sites for hydroxylation is 1. The van der Waals surface area contributed by atoms with E-state index in [0.29, 0.717) is 19.0 Å². The molecule has 0 N–H and O–H groups in total. The number of pyridine rings is 1. The lowest BCUT2D eigenvalue weighted by molar-refractivity contribution is 0.107. The van der Waals surface area contributed by atoms with Gasteiger partial charge in [0.05, 0.1) is 31.7 Å². The average molecular weight is 333 g/mol. The van der Waals surface area contributed by atoms with Crippen molar-refractivity contribution in [2.75, 3.05) is 13.7 Å². The summed E-state index contributed by atoms with van der Waals surface area (Å²) in [5.41, 5.74) is 5.77. The molecule has 2 aromatic heterocycles. The van der Waals surface area contributed by atoms with E-state index in [1.807, 2.05) is 49.4 Å². The molecule has 1 aromatic carbocycles. The molecule has 1 aliphatic heterocycles. The lowest BCUT2D eigenvalue weighted by Gasteiger charge is -2.20. The van der Waals surface area contributed by atoms with Crippen molar-refractivity contribution < 1.29 is 9.47 Å². The Kier molecular flexibility index (Phi) is 4.15. The van der Waals surface area contributed by atoms with Crippen molar-refractivity contribution in [3.63, 3.8) is 0 Å². The molecule has 0 saturated carbocycles. The molecule has 5 nitrogen and oxygen atoms in total. The van der Waals surface area contributed by atoms with E-state index in [0.717, 1.165) is 46.1 Å². The van der Waals surface area contributed by atoms with Crippen LogP contribution in [0.4, 0.5) is 0 Å². The quantitative estimate of drug-likeness (QED) is 0.733. The van der Waals surface area contributed by atoms with Crippen molar-refractivity contribution in [2.24, 2.45) is 0 Å². The summed E-state index contributed by atoms with van der Waals surface area (Å²) in [6, 6.07) is 13.8. The van der Waals surface area contributed by atoms with Crippen molar-refractivity contribution in [3.05, 3.63) is 59.4 Å². The van der Waals surface area contributed by atoms with E-state index in [2.05, 4.69) is 4.98 Å². The zero-order chi connectivity index (χ0) is 17.2. The molecule has 0 atom stereocenters. The predicted octanol–water partition coefficient (Wildman–Crippen LogP) is 3.60. The van der Waals surface area contributed by atoms with Gasteiger partial charge in [-0.25, -0.2) is 15.0 Å². The Hall–Kier alpha value is -2.79. The fourth-order valence-electron chi connectivity index (χ4n) is 3.05. The summed E-state index contributed by atoms with van der Waals surface area (Å²) in [4.78, 5) is 14.2. The van der Waals surface area contributed by atoms with Gasteiger partial charge in [-0.3, -0.25) is 0 Å². The van der Waals surface area contributed by atoms with Gasteiger partial charge < -0.3 is 9.47 Å². The first kappa shape index (κ1) is 15.7. The highest BCUT2D eigenvalue weighted by Gasteiger charge is 2.20. The summed E-state index contributed by atoms with van der Waals surface area (Å²) in [6.07, 6.45) is 0.809. The molecular weight excluding hydrogens is 314 g/mol. The lowest BCUT2D eigenvalue weighted by Crippen LogP contribution is -2.15. The number of aromatic nitrogens is 3. The third-order valence-electron chi connectivity index (χ3n) is 4.29. The molecule has 0 amide bonds. The number of fused-ring (bicyclic) bond motifs is 1. The molecular formula is C20H19N3O2. The van der Waals surface area contributed by atoms with E-state index < -0.39 is 0 Å². The van der Waals surface area contributed by atoms with Gasteiger partial charge in [0.2, 0.25) is 0 Å². The number of hydrogen-bond donors (Lipinski definition) is 0. The van der Waals surface area contributed by atoms with Gasteiger partial charge in [-0.2, -0.15) is 0 Å². The molecule has 1 aliphatic rings. The second-order valence-corrected chi connectivity index (χ2v) is 6.02. The van der Waals surface area contributed by atoms with Crippen LogP contribution >= 0.6 is 0 Å². The molecule has 0 spiro atoms. The molecule has 0 aliphatic carbocycles. The maximum Gasteiger partial charge on any atom is 0.179 e. The molecule has 0 saturated heterocycles. The highest BCUT2D eigenvalue weighted by molar-refractivity contribution is 5.68. The van der Waals surface area contributed by atoms with Crippen LogP contribution in [0.1, 0.15) is 17.0 Å². The topological polar surface area (TPSA) is 57.1 Å². The first-order valence-corrected chi connectivity index (χ1v) is 8.30. The van der Waals surface area contributed by atoms with E-state index in [1.54, 1.807) is 7.11 Å². The summed E-state index contributed by atoms with van der Waals surface area (Å²) in [5.74, 6) is 1.44. The van der Waals surface area contributed by atoms with Crippen LogP contribution in [0.5, 0.6) is 5.75 Å². The average Bonchev–Trinajstić information content (AvgIpc) is 2.67. The molecule has 25 heavy (non-hydrogen) atoms. The normalized spacial score (nSPS) is 13.4. The summed E-state index contributed by atoms with van der Waals surface area (Å²) in [7, 11) is 1.67. The van der Waals surface area contributed by atoms with Crippen LogP contribution in [0.2, 0.25) is 0 Å². The zero-order valence-electron chi connectivity index (χ0n) is 14.3. The van der Waals surface area contributed by atoms with E-state index in [-0.39, 0.29) is 0 Å². The SMILES string of the molecule is COc1cccc(-c2nc(-c3cccc(C)n3)nc3c2CCOC3)c1. The summed E-state index contributed by atoms with van der Waals surface area (Å²) in [6.45, 7) is 3.16. The van der Waals surface area contributed by atoms with Gasteiger partial charge >= 0.3 is 0 Å². The van der Waals surface area contributed by atoms with Crippen molar-refractivity contribution in [3.8, 4) is 28.5 Å². The number of benzene rings is 1. The number of ether oxygens (including phenoxy) is 2. The fourth-order valence-corrected chi connectivity index (χ4v) is 3.05. The van der Waals surface area contributed by atoms with Gasteiger partial charge in [0.25, 0.3) is 0 Å².